The number of phosphoric acid groups is 2. The molecule has 0 radical (unpaired) electrons. The van der Waals surface area contributed by atoms with Gasteiger partial charge in [-0.1, -0.05) is 311 Å². The number of esters is 4. The molecule has 89 heavy (non-hydrogen) atoms. The number of unbranched alkanes of at least 4 members (excludes halogenated alkanes) is 41. The Hall–Kier alpha value is -1.94. The van der Waals surface area contributed by atoms with Gasteiger partial charge in [0.1, 0.15) is 19.3 Å². The summed E-state index contributed by atoms with van der Waals surface area (Å²) in [6, 6.07) is 0. The molecule has 0 aliphatic rings. The Morgan fingerprint density at radius 1 is 0.315 bits per heavy atom. The van der Waals surface area contributed by atoms with Crippen LogP contribution >= 0.6 is 15.6 Å². The molecule has 0 saturated heterocycles. The van der Waals surface area contributed by atoms with E-state index in [1.54, 1.807) is 0 Å². The summed E-state index contributed by atoms with van der Waals surface area (Å²) in [6.45, 7) is 7.21. The Labute approximate surface area is 543 Å². The van der Waals surface area contributed by atoms with Gasteiger partial charge in [-0.2, -0.15) is 0 Å². The van der Waals surface area contributed by atoms with E-state index in [4.69, 9.17) is 37.0 Å². The summed E-state index contributed by atoms with van der Waals surface area (Å²) in [5.74, 6) is -1.36. The molecular formula is C70H136O17P2. The number of rotatable bonds is 70. The zero-order valence-electron chi connectivity index (χ0n) is 57.6. The largest absolute Gasteiger partial charge is 0.472 e. The van der Waals surface area contributed by atoms with Crippen molar-refractivity contribution in [1.29, 1.82) is 0 Å². The fraction of sp³-hybridized carbons (Fsp3) is 0.943. The van der Waals surface area contributed by atoms with Gasteiger partial charge in [0.2, 0.25) is 0 Å². The third-order valence-electron chi connectivity index (χ3n) is 16.6. The predicted molar refractivity (Wildman–Crippen MR) is 358 cm³/mol. The minimum absolute atomic E-state index is 0.105. The van der Waals surface area contributed by atoms with Gasteiger partial charge in [-0.3, -0.25) is 37.3 Å². The van der Waals surface area contributed by atoms with Gasteiger partial charge < -0.3 is 33.8 Å². The molecule has 0 spiro atoms. The average Bonchev–Trinajstić information content (AvgIpc) is 3.57. The molecule has 19 heteroatoms. The molecule has 0 fully saturated rings. The van der Waals surface area contributed by atoms with E-state index in [1.165, 1.54) is 173 Å². The monoisotopic (exact) mass is 1310 g/mol. The minimum atomic E-state index is -4.95. The van der Waals surface area contributed by atoms with Gasteiger partial charge in [-0.05, 0) is 31.6 Å². The first-order chi connectivity index (χ1) is 43.1. The van der Waals surface area contributed by atoms with E-state index in [2.05, 4.69) is 34.6 Å². The van der Waals surface area contributed by atoms with Crippen LogP contribution in [-0.4, -0.2) is 96.7 Å². The van der Waals surface area contributed by atoms with Crippen LogP contribution in [0.1, 0.15) is 362 Å². The summed E-state index contributed by atoms with van der Waals surface area (Å²) in [5, 5.41) is 10.6. The summed E-state index contributed by atoms with van der Waals surface area (Å²) in [5.41, 5.74) is 0. The van der Waals surface area contributed by atoms with Crippen molar-refractivity contribution < 1.29 is 80.2 Å². The molecule has 3 unspecified atom stereocenters. The van der Waals surface area contributed by atoms with Crippen LogP contribution in [0.5, 0.6) is 0 Å². The molecule has 0 saturated carbocycles. The number of carbonyl (C=O) groups excluding carboxylic acids is 4. The normalized spacial score (nSPS) is 14.4. The SMILES string of the molecule is CCCCCCCCCCCCCCCCCC(=O)OC[C@H](COP(=O)(O)OC[C@@H](O)COP(=O)(O)OC[C@@H](COC(=O)CCCCCCCCC)OC(=O)CCCCCCCCCCC(C)CC)OC(=O)CCCCCCCCCCCCCCCCC. The first kappa shape index (κ1) is 87.1. The van der Waals surface area contributed by atoms with Gasteiger partial charge in [0.25, 0.3) is 0 Å². The zero-order chi connectivity index (χ0) is 65.6. The number of carbonyl (C=O) groups is 4. The van der Waals surface area contributed by atoms with E-state index in [-0.39, 0.29) is 25.7 Å². The summed E-state index contributed by atoms with van der Waals surface area (Å²) >= 11 is 0. The molecule has 0 bridgehead atoms. The van der Waals surface area contributed by atoms with Crippen LogP contribution in [0, 0.1) is 5.92 Å². The van der Waals surface area contributed by atoms with E-state index in [0.29, 0.717) is 25.7 Å². The maximum Gasteiger partial charge on any atom is 0.472 e. The molecule has 0 aliphatic heterocycles. The molecule has 0 amide bonds. The van der Waals surface area contributed by atoms with Crippen LogP contribution < -0.4 is 0 Å². The van der Waals surface area contributed by atoms with Crippen molar-refractivity contribution in [2.75, 3.05) is 39.6 Å². The molecule has 0 rings (SSSR count). The molecule has 0 aliphatic carbocycles. The van der Waals surface area contributed by atoms with E-state index in [0.717, 1.165) is 109 Å². The van der Waals surface area contributed by atoms with Crippen molar-refractivity contribution in [3.63, 3.8) is 0 Å². The summed E-state index contributed by atoms with van der Waals surface area (Å²) < 4.78 is 68.2. The standard InChI is InChI=1S/C70H136O17P2/c1-6-10-13-16-19-21-23-25-27-29-31-33-39-44-49-54-68(73)81-60-66(86-69(74)55-50-45-40-34-32-30-28-26-24-22-20-17-14-11-7-2)62-85-89(78,79)83-58-64(71)57-82-88(76,77)84-61-65(59-80-67(72)53-48-43-37-18-15-12-8-3)87-70(75)56-51-46-41-36-35-38-42-47-52-63(5)9-4/h63-66,71H,6-62H2,1-5H3,(H,76,77)(H,78,79)/t63?,64-,65+,66+/m0/s1. The predicted octanol–water partition coefficient (Wildman–Crippen LogP) is 20.1. The highest BCUT2D eigenvalue weighted by Crippen LogP contribution is 2.45. The average molecular weight is 1310 g/mol. The summed E-state index contributed by atoms with van der Waals surface area (Å²) in [7, 11) is -9.89. The van der Waals surface area contributed by atoms with Gasteiger partial charge in [0, 0.05) is 25.7 Å². The fourth-order valence-corrected chi connectivity index (χ4v) is 12.2. The highest BCUT2D eigenvalue weighted by atomic mass is 31.2. The van der Waals surface area contributed by atoms with Crippen LogP contribution in [0.25, 0.3) is 0 Å². The molecule has 0 aromatic heterocycles. The van der Waals surface area contributed by atoms with Crippen LogP contribution in [0.3, 0.4) is 0 Å². The third kappa shape index (κ3) is 63.2. The molecule has 3 N–H and O–H groups in total. The number of hydrogen-bond donors (Lipinski definition) is 3. The van der Waals surface area contributed by atoms with Crippen molar-refractivity contribution in [2.45, 2.75) is 380 Å². The van der Waals surface area contributed by atoms with Crippen molar-refractivity contribution >= 4 is 39.5 Å². The van der Waals surface area contributed by atoms with Gasteiger partial charge in [-0.15, -0.1) is 0 Å². The molecule has 17 nitrogen and oxygen atoms in total. The van der Waals surface area contributed by atoms with Crippen molar-refractivity contribution in [3.8, 4) is 0 Å². The Balaban J connectivity index is 5.21. The minimum Gasteiger partial charge on any atom is -0.462 e. The second-order valence-corrected chi connectivity index (χ2v) is 28.4. The van der Waals surface area contributed by atoms with Gasteiger partial charge in [-0.25, -0.2) is 9.13 Å². The molecule has 0 aromatic rings. The van der Waals surface area contributed by atoms with Gasteiger partial charge in [0.15, 0.2) is 12.2 Å². The highest BCUT2D eigenvalue weighted by molar-refractivity contribution is 7.47. The van der Waals surface area contributed by atoms with E-state index >= 15 is 0 Å². The summed E-state index contributed by atoms with van der Waals surface area (Å²) in [6.07, 6.45) is 49.9. The van der Waals surface area contributed by atoms with Crippen molar-refractivity contribution in [3.05, 3.63) is 0 Å². The van der Waals surface area contributed by atoms with E-state index in [1.807, 2.05) is 0 Å². The van der Waals surface area contributed by atoms with E-state index < -0.39 is 97.5 Å². The zero-order valence-corrected chi connectivity index (χ0v) is 59.4. The van der Waals surface area contributed by atoms with E-state index in [9.17, 15) is 43.2 Å². The first-order valence-corrected chi connectivity index (χ1v) is 39.7. The number of ether oxygens (including phenoxy) is 4. The Bertz CT molecular complexity index is 1720. The molecule has 528 valence electrons. The maximum atomic E-state index is 13.0. The molecule has 0 heterocycles. The molecule has 6 atom stereocenters. The lowest BCUT2D eigenvalue weighted by Gasteiger charge is -2.21. The lowest BCUT2D eigenvalue weighted by atomic mass is 9.99. The van der Waals surface area contributed by atoms with Crippen LogP contribution in [0.4, 0.5) is 0 Å². The second-order valence-electron chi connectivity index (χ2n) is 25.5. The molecular weight excluding hydrogens is 1170 g/mol. The fourth-order valence-electron chi connectivity index (χ4n) is 10.6. The number of aliphatic hydroxyl groups excluding tert-OH is 1. The molecule has 0 aromatic carbocycles. The quantitative estimate of drug-likeness (QED) is 0.0222. The lowest BCUT2D eigenvalue weighted by Crippen LogP contribution is -2.30. The Kier molecular flexibility index (Phi) is 62.1. The number of aliphatic hydroxyl groups is 1. The van der Waals surface area contributed by atoms with Gasteiger partial charge >= 0.3 is 39.5 Å². The topological polar surface area (TPSA) is 237 Å². The number of phosphoric ester groups is 2. The Morgan fingerprint density at radius 2 is 0.539 bits per heavy atom. The maximum absolute atomic E-state index is 13.0. The van der Waals surface area contributed by atoms with Crippen molar-refractivity contribution in [2.24, 2.45) is 5.92 Å². The second kappa shape index (κ2) is 63.5. The first-order valence-electron chi connectivity index (χ1n) is 36.7. The van der Waals surface area contributed by atoms with Crippen LogP contribution in [-0.2, 0) is 65.4 Å². The lowest BCUT2D eigenvalue weighted by molar-refractivity contribution is -0.161. The van der Waals surface area contributed by atoms with Gasteiger partial charge in [0.05, 0.1) is 26.4 Å². The van der Waals surface area contributed by atoms with Crippen LogP contribution in [0.15, 0.2) is 0 Å². The Morgan fingerprint density at radius 3 is 0.798 bits per heavy atom. The third-order valence-corrected chi connectivity index (χ3v) is 18.5. The van der Waals surface area contributed by atoms with Crippen LogP contribution in [0.2, 0.25) is 0 Å². The smallest absolute Gasteiger partial charge is 0.462 e. The number of hydrogen-bond acceptors (Lipinski definition) is 15. The summed E-state index contributed by atoms with van der Waals surface area (Å²) in [4.78, 5) is 72.4. The highest BCUT2D eigenvalue weighted by Gasteiger charge is 2.30. The van der Waals surface area contributed by atoms with Crippen molar-refractivity contribution in [1.82, 2.24) is 0 Å².